The largest absolute Gasteiger partial charge is 0.481 e. The van der Waals surface area contributed by atoms with Crippen molar-refractivity contribution in [3.8, 4) is 0 Å². The van der Waals surface area contributed by atoms with Crippen LogP contribution in [0.2, 0.25) is 0 Å². The van der Waals surface area contributed by atoms with E-state index in [2.05, 4.69) is 31.5 Å². The van der Waals surface area contributed by atoms with E-state index < -0.39 is 5.97 Å². The number of thioether (sulfide) groups is 1. The Morgan fingerprint density at radius 3 is 3.06 bits per heavy atom. The lowest BCUT2D eigenvalue weighted by atomic mass is 10.5. The van der Waals surface area contributed by atoms with Crippen LogP contribution in [0.25, 0.3) is 0 Å². The van der Waals surface area contributed by atoms with E-state index in [4.69, 9.17) is 5.11 Å². The first-order chi connectivity index (χ1) is 8.15. The highest BCUT2D eigenvalue weighted by Crippen LogP contribution is 2.23. The van der Waals surface area contributed by atoms with Crippen molar-refractivity contribution in [2.45, 2.75) is 11.7 Å². The highest BCUT2D eigenvalue weighted by atomic mass is 79.9. The fourth-order valence-electron chi connectivity index (χ4n) is 1.11. The topological polar surface area (TPSA) is 80.9 Å². The second-order valence-corrected chi connectivity index (χ2v) is 6.50. The molecule has 0 aliphatic heterocycles. The lowest BCUT2D eigenvalue weighted by Crippen LogP contribution is -2.05. The average Bonchev–Trinajstić information content (AvgIpc) is 2.86. The third-order valence-corrected chi connectivity index (χ3v) is 4.31. The van der Waals surface area contributed by atoms with E-state index in [1.807, 2.05) is 12.1 Å². The molecule has 0 aromatic carbocycles. The molecule has 0 amide bonds. The van der Waals surface area contributed by atoms with Crippen LogP contribution in [0.4, 0.5) is 0 Å². The van der Waals surface area contributed by atoms with Crippen molar-refractivity contribution in [3.05, 3.63) is 20.8 Å². The van der Waals surface area contributed by atoms with Gasteiger partial charge in [0.2, 0.25) is 5.16 Å². The van der Waals surface area contributed by atoms with Gasteiger partial charge in [-0.1, -0.05) is 11.8 Å². The number of aromatic nitrogens is 4. The summed E-state index contributed by atoms with van der Waals surface area (Å²) in [5, 5.41) is 20.3. The molecule has 2 aromatic rings. The van der Waals surface area contributed by atoms with Crippen LogP contribution in [0, 0.1) is 0 Å². The molecule has 17 heavy (non-hydrogen) atoms. The molecule has 0 atom stereocenters. The maximum atomic E-state index is 10.5. The van der Waals surface area contributed by atoms with Gasteiger partial charge in [0.15, 0.2) is 0 Å². The maximum absolute atomic E-state index is 10.5. The minimum atomic E-state index is -0.886. The van der Waals surface area contributed by atoms with Crippen LogP contribution >= 0.6 is 39.0 Å². The van der Waals surface area contributed by atoms with E-state index in [0.717, 1.165) is 20.4 Å². The summed E-state index contributed by atoms with van der Waals surface area (Å²) < 4.78 is 2.63. The van der Waals surface area contributed by atoms with Gasteiger partial charge < -0.3 is 5.11 Å². The van der Waals surface area contributed by atoms with Crippen molar-refractivity contribution >= 4 is 45.0 Å². The monoisotopic (exact) mass is 334 g/mol. The predicted molar refractivity (Wildman–Crippen MR) is 67.3 cm³/mol. The number of hydrogen-bond acceptors (Lipinski definition) is 6. The van der Waals surface area contributed by atoms with E-state index in [9.17, 15) is 4.79 Å². The van der Waals surface area contributed by atoms with Crippen LogP contribution in [0.15, 0.2) is 21.1 Å². The molecule has 6 nitrogen and oxygen atoms in total. The van der Waals surface area contributed by atoms with Gasteiger partial charge in [-0.05, 0) is 38.5 Å². The first kappa shape index (κ1) is 12.5. The maximum Gasteiger partial charge on any atom is 0.313 e. The summed E-state index contributed by atoms with van der Waals surface area (Å²) in [5.74, 6) is -0.933. The van der Waals surface area contributed by atoms with Crippen LogP contribution < -0.4 is 0 Å². The Morgan fingerprint density at radius 2 is 2.41 bits per heavy atom. The second-order valence-electron chi connectivity index (χ2n) is 3.01. The van der Waals surface area contributed by atoms with Crippen LogP contribution in [0.3, 0.4) is 0 Å². The van der Waals surface area contributed by atoms with Crippen LogP contribution in [0.5, 0.6) is 0 Å². The fraction of sp³-hybridized carbons (Fsp3) is 0.250. The Bertz CT molecular complexity index is 527. The van der Waals surface area contributed by atoms with Crippen molar-refractivity contribution < 1.29 is 9.90 Å². The Labute approximate surface area is 113 Å². The van der Waals surface area contributed by atoms with Gasteiger partial charge in [-0.2, -0.15) is 0 Å². The van der Waals surface area contributed by atoms with Crippen molar-refractivity contribution in [1.82, 2.24) is 20.2 Å². The molecule has 0 aliphatic rings. The predicted octanol–water partition coefficient (Wildman–Crippen LogP) is 1.72. The van der Waals surface area contributed by atoms with Crippen LogP contribution in [-0.4, -0.2) is 37.0 Å². The molecule has 0 saturated carbocycles. The van der Waals surface area contributed by atoms with Crippen molar-refractivity contribution in [1.29, 1.82) is 0 Å². The Balaban J connectivity index is 2.06. The molecule has 2 heterocycles. The molecule has 0 radical (unpaired) electrons. The zero-order valence-electron chi connectivity index (χ0n) is 8.41. The van der Waals surface area contributed by atoms with E-state index >= 15 is 0 Å². The van der Waals surface area contributed by atoms with Gasteiger partial charge in [0.25, 0.3) is 0 Å². The number of thiophene rings is 1. The Morgan fingerprint density at radius 1 is 1.59 bits per heavy atom. The molecule has 90 valence electrons. The summed E-state index contributed by atoms with van der Waals surface area (Å²) in [4.78, 5) is 11.6. The third-order valence-electron chi connectivity index (χ3n) is 1.76. The molecular weight excluding hydrogens is 328 g/mol. The molecule has 0 unspecified atom stereocenters. The average molecular weight is 335 g/mol. The SMILES string of the molecule is O=C(O)CSc1nnnn1Cc1ccc(Br)s1. The van der Waals surface area contributed by atoms with Gasteiger partial charge >= 0.3 is 5.97 Å². The molecule has 2 aromatic heterocycles. The number of rotatable bonds is 5. The normalized spacial score (nSPS) is 10.6. The Hall–Kier alpha value is -0.930. The van der Waals surface area contributed by atoms with Crippen LogP contribution in [0.1, 0.15) is 4.88 Å². The zero-order chi connectivity index (χ0) is 12.3. The summed E-state index contributed by atoms with van der Waals surface area (Å²) in [6.07, 6.45) is 0. The van der Waals surface area contributed by atoms with Gasteiger partial charge in [0.1, 0.15) is 0 Å². The number of carboxylic acids is 1. The van der Waals surface area contributed by atoms with Gasteiger partial charge in [-0.15, -0.1) is 16.4 Å². The number of nitrogens with zero attached hydrogens (tertiary/aromatic N) is 4. The summed E-state index contributed by atoms with van der Waals surface area (Å²) in [6, 6.07) is 3.93. The first-order valence-electron chi connectivity index (χ1n) is 4.50. The molecule has 0 fully saturated rings. The van der Waals surface area contributed by atoms with Gasteiger partial charge in [0.05, 0.1) is 16.1 Å². The van der Waals surface area contributed by atoms with Gasteiger partial charge in [-0.3, -0.25) is 4.79 Å². The summed E-state index contributed by atoms with van der Waals surface area (Å²) >= 11 is 6.08. The highest BCUT2D eigenvalue weighted by molar-refractivity contribution is 9.11. The summed E-state index contributed by atoms with van der Waals surface area (Å²) in [5.41, 5.74) is 0. The zero-order valence-corrected chi connectivity index (χ0v) is 11.6. The second kappa shape index (κ2) is 5.61. The molecule has 9 heteroatoms. The number of tetrazole rings is 1. The van der Waals surface area contributed by atoms with Crippen LogP contribution in [-0.2, 0) is 11.3 Å². The number of carbonyl (C=O) groups is 1. The number of hydrogen-bond donors (Lipinski definition) is 1. The molecule has 0 spiro atoms. The summed E-state index contributed by atoms with van der Waals surface area (Å²) in [6.45, 7) is 0.547. The molecular formula is C8H7BrN4O2S2. The third kappa shape index (κ3) is 3.51. The Kier molecular flexibility index (Phi) is 4.13. The molecule has 0 bridgehead atoms. The number of halogens is 1. The standard InChI is InChI=1S/C8H7BrN4O2S2/c9-6-2-1-5(17-6)3-13-8(10-11-12-13)16-4-7(14)15/h1-2H,3-4H2,(H,14,15). The quantitative estimate of drug-likeness (QED) is 0.838. The smallest absolute Gasteiger partial charge is 0.313 e. The first-order valence-corrected chi connectivity index (χ1v) is 7.09. The van der Waals surface area contributed by atoms with Crippen molar-refractivity contribution in [3.63, 3.8) is 0 Å². The lowest BCUT2D eigenvalue weighted by Gasteiger charge is -2.00. The van der Waals surface area contributed by atoms with Crippen molar-refractivity contribution in [2.75, 3.05) is 5.75 Å². The van der Waals surface area contributed by atoms with Crippen molar-refractivity contribution in [2.24, 2.45) is 0 Å². The van der Waals surface area contributed by atoms with E-state index in [0.29, 0.717) is 11.7 Å². The van der Waals surface area contributed by atoms with E-state index in [1.165, 1.54) is 0 Å². The lowest BCUT2D eigenvalue weighted by molar-refractivity contribution is -0.133. The van der Waals surface area contributed by atoms with E-state index in [-0.39, 0.29) is 5.75 Å². The molecule has 2 rings (SSSR count). The molecule has 0 saturated heterocycles. The van der Waals surface area contributed by atoms with E-state index in [1.54, 1.807) is 16.0 Å². The minimum absolute atomic E-state index is 0.0471. The number of aliphatic carboxylic acids is 1. The van der Waals surface area contributed by atoms with Gasteiger partial charge in [-0.25, -0.2) is 4.68 Å². The molecule has 1 N–H and O–H groups in total. The minimum Gasteiger partial charge on any atom is -0.481 e. The molecule has 0 aliphatic carbocycles. The van der Waals surface area contributed by atoms with Gasteiger partial charge in [0, 0.05) is 4.88 Å². The fourth-order valence-corrected chi connectivity index (χ4v) is 3.17. The number of carboxylic acid groups (broad SMARTS) is 1. The highest BCUT2D eigenvalue weighted by Gasteiger charge is 2.10. The summed E-state index contributed by atoms with van der Waals surface area (Å²) in [7, 11) is 0.